The van der Waals surface area contributed by atoms with Crippen molar-refractivity contribution in [3.8, 4) is 11.5 Å². The Bertz CT molecular complexity index is 1270. The Morgan fingerprint density at radius 2 is 1.11 bits per heavy atom. The zero-order chi connectivity index (χ0) is 33.7. The summed E-state index contributed by atoms with van der Waals surface area (Å²) in [4.78, 5) is 50.0. The van der Waals surface area contributed by atoms with Gasteiger partial charge < -0.3 is 10.2 Å². The fraction of sp³-hybridized carbons (Fsp3) is 0.556. The summed E-state index contributed by atoms with van der Waals surface area (Å²) in [6.07, 6.45) is 13.8. The molecule has 6 N–H and O–H groups in total. The molecule has 2 aromatic rings. The number of benzene rings is 2. The fourth-order valence-corrected chi connectivity index (χ4v) is 5.27. The van der Waals surface area contributed by atoms with Crippen molar-refractivity contribution in [2.24, 2.45) is 5.92 Å². The Balaban J connectivity index is 1.63. The molecule has 0 saturated carbocycles. The zero-order valence-corrected chi connectivity index (χ0v) is 27.9. The zero-order valence-electron chi connectivity index (χ0n) is 27.9. The van der Waals surface area contributed by atoms with Gasteiger partial charge in [-0.25, -0.2) is 0 Å². The minimum atomic E-state index is -0.553. The van der Waals surface area contributed by atoms with E-state index in [9.17, 15) is 29.4 Å². The topological polar surface area (TPSA) is 157 Å². The maximum atomic E-state index is 12.7. The van der Waals surface area contributed by atoms with E-state index in [1.54, 1.807) is 18.2 Å². The van der Waals surface area contributed by atoms with E-state index in [1.165, 1.54) is 12.1 Å². The first-order valence-corrected chi connectivity index (χ1v) is 17.0. The van der Waals surface area contributed by atoms with Gasteiger partial charge in [-0.3, -0.25) is 40.9 Å². The number of phenols is 2. The first-order chi connectivity index (χ1) is 22.2. The van der Waals surface area contributed by atoms with Crippen LogP contribution in [-0.4, -0.2) is 33.8 Å². The lowest BCUT2D eigenvalue weighted by Gasteiger charge is -2.16. The Kier molecular flexibility index (Phi) is 17.9. The lowest BCUT2D eigenvalue weighted by Crippen LogP contribution is -2.44. The second kappa shape index (κ2) is 21.6. The number of hydrogen-bond donors (Lipinski definition) is 6. The molecule has 4 amide bonds. The molecule has 254 valence electrons. The van der Waals surface area contributed by atoms with Crippen LogP contribution in [0.1, 0.15) is 143 Å². The number of unbranched alkanes of at least 4 members (excludes halogenated alkanes) is 8. The van der Waals surface area contributed by atoms with E-state index in [0.29, 0.717) is 19.3 Å². The van der Waals surface area contributed by atoms with Crippen LogP contribution in [0.3, 0.4) is 0 Å². The third-order valence-corrected chi connectivity index (χ3v) is 8.18. The maximum Gasteiger partial charge on any atom is 0.273 e. The molecule has 0 radical (unpaired) electrons. The van der Waals surface area contributed by atoms with Crippen molar-refractivity contribution in [2.45, 2.75) is 124 Å². The smallest absolute Gasteiger partial charge is 0.273 e. The number of phenolic OH excluding ortho intramolecular Hbond substituents is 2. The molecule has 1 atom stereocenters. The highest BCUT2D eigenvalue weighted by Crippen LogP contribution is 2.21. The van der Waals surface area contributed by atoms with Crippen LogP contribution in [0.5, 0.6) is 11.5 Å². The lowest BCUT2D eigenvalue weighted by molar-refractivity contribution is -0.126. The molecule has 10 heteroatoms. The standard InChI is InChI=1S/C36H54N4O6/c1-4-7-12-16-26-20-22-31(41)29(24-26)35(45)39-37-33(43)19-15-11-9-10-14-18-28(6-3)34(44)38-40-36(46)30-25-27(17-13-8-5-2)21-23-32(30)42/h20-25,28,41-42H,4-19H2,1-3H3,(H,37,43)(H,38,44)(H,39,45)(H,40,46). The molecule has 2 aromatic carbocycles. The third-order valence-electron chi connectivity index (χ3n) is 8.18. The fourth-order valence-electron chi connectivity index (χ4n) is 5.27. The number of carbonyl (C=O) groups excluding carboxylic acids is 4. The lowest BCUT2D eigenvalue weighted by atomic mass is 9.97. The molecule has 1 unspecified atom stereocenters. The van der Waals surface area contributed by atoms with Crippen LogP contribution in [-0.2, 0) is 22.4 Å². The molecule has 0 saturated heterocycles. The molecule has 0 heterocycles. The number of nitrogens with one attached hydrogen (secondary N) is 4. The number of amides is 4. The van der Waals surface area contributed by atoms with Gasteiger partial charge in [0, 0.05) is 12.3 Å². The van der Waals surface area contributed by atoms with Gasteiger partial charge in [-0.1, -0.05) is 84.3 Å². The summed E-state index contributed by atoms with van der Waals surface area (Å²) in [7, 11) is 0. The minimum absolute atomic E-state index is 0.126. The number of hydrogen-bond acceptors (Lipinski definition) is 6. The van der Waals surface area contributed by atoms with E-state index in [2.05, 4.69) is 35.6 Å². The molecule has 0 aliphatic carbocycles. The number of aromatic hydroxyl groups is 2. The average molecular weight is 639 g/mol. The highest BCUT2D eigenvalue weighted by atomic mass is 16.3. The van der Waals surface area contributed by atoms with Crippen molar-refractivity contribution in [3.05, 3.63) is 58.7 Å². The van der Waals surface area contributed by atoms with Crippen molar-refractivity contribution in [1.29, 1.82) is 0 Å². The van der Waals surface area contributed by atoms with Gasteiger partial charge in [0.15, 0.2) is 0 Å². The first-order valence-electron chi connectivity index (χ1n) is 17.0. The summed E-state index contributed by atoms with van der Waals surface area (Å²) >= 11 is 0. The van der Waals surface area contributed by atoms with Gasteiger partial charge in [-0.2, -0.15) is 0 Å². The van der Waals surface area contributed by atoms with E-state index in [0.717, 1.165) is 88.2 Å². The van der Waals surface area contributed by atoms with E-state index in [1.807, 2.05) is 13.0 Å². The predicted molar refractivity (Wildman–Crippen MR) is 180 cm³/mol. The van der Waals surface area contributed by atoms with E-state index in [4.69, 9.17) is 0 Å². The van der Waals surface area contributed by atoms with Crippen molar-refractivity contribution < 1.29 is 29.4 Å². The molecule has 0 aromatic heterocycles. The second-order valence-corrected chi connectivity index (χ2v) is 12.0. The number of hydrazine groups is 2. The van der Waals surface area contributed by atoms with Gasteiger partial charge in [-0.15, -0.1) is 0 Å². The maximum absolute atomic E-state index is 12.7. The largest absolute Gasteiger partial charge is 0.507 e. The molecular formula is C36H54N4O6. The summed E-state index contributed by atoms with van der Waals surface area (Å²) in [5.41, 5.74) is 12.0. The van der Waals surface area contributed by atoms with Crippen LogP contribution < -0.4 is 21.7 Å². The van der Waals surface area contributed by atoms with Crippen molar-refractivity contribution >= 4 is 23.6 Å². The van der Waals surface area contributed by atoms with E-state index < -0.39 is 11.8 Å². The van der Waals surface area contributed by atoms with Crippen molar-refractivity contribution in [1.82, 2.24) is 21.7 Å². The molecule has 46 heavy (non-hydrogen) atoms. The Morgan fingerprint density at radius 3 is 1.63 bits per heavy atom. The van der Waals surface area contributed by atoms with Crippen LogP contribution >= 0.6 is 0 Å². The monoisotopic (exact) mass is 638 g/mol. The normalized spacial score (nSPS) is 11.5. The van der Waals surface area contributed by atoms with Crippen LogP contribution in [0.4, 0.5) is 0 Å². The second-order valence-electron chi connectivity index (χ2n) is 12.0. The molecule has 0 spiro atoms. The molecule has 0 aliphatic rings. The molecule has 10 nitrogen and oxygen atoms in total. The summed E-state index contributed by atoms with van der Waals surface area (Å²) in [6, 6.07) is 9.97. The van der Waals surface area contributed by atoms with E-state index in [-0.39, 0.29) is 46.8 Å². The van der Waals surface area contributed by atoms with Crippen LogP contribution in [0, 0.1) is 5.92 Å². The van der Waals surface area contributed by atoms with Crippen molar-refractivity contribution in [3.63, 3.8) is 0 Å². The Morgan fingerprint density at radius 1 is 0.609 bits per heavy atom. The van der Waals surface area contributed by atoms with Crippen LogP contribution in [0.2, 0.25) is 0 Å². The van der Waals surface area contributed by atoms with Gasteiger partial charge in [0.05, 0.1) is 11.1 Å². The highest BCUT2D eigenvalue weighted by molar-refractivity contribution is 5.98. The first kappa shape index (κ1) is 38.1. The summed E-state index contributed by atoms with van der Waals surface area (Å²) in [6.45, 7) is 6.18. The summed E-state index contributed by atoms with van der Waals surface area (Å²) < 4.78 is 0. The summed E-state index contributed by atoms with van der Waals surface area (Å²) in [5, 5.41) is 20.2. The molecular weight excluding hydrogens is 584 g/mol. The molecule has 0 aliphatic heterocycles. The van der Waals surface area contributed by atoms with Crippen LogP contribution in [0.15, 0.2) is 36.4 Å². The highest BCUT2D eigenvalue weighted by Gasteiger charge is 2.19. The molecule has 0 bridgehead atoms. The van der Waals surface area contributed by atoms with Crippen LogP contribution in [0.25, 0.3) is 0 Å². The van der Waals surface area contributed by atoms with Gasteiger partial charge in [-0.05, 0) is 80.3 Å². The van der Waals surface area contributed by atoms with Crippen molar-refractivity contribution in [2.75, 3.05) is 0 Å². The van der Waals surface area contributed by atoms with E-state index >= 15 is 0 Å². The molecule has 2 rings (SSSR count). The SMILES string of the molecule is CCCCCc1ccc(O)c(C(=O)NNC(=O)CCCCCCCC(CC)C(=O)NNC(=O)c2cc(CCCCC)ccc2O)c1. The summed E-state index contributed by atoms with van der Waals surface area (Å²) in [5.74, 6) is -2.16. The number of carbonyl (C=O) groups is 4. The van der Waals surface area contributed by atoms with Gasteiger partial charge >= 0.3 is 0 Å². The third kappa shape index (κ3) is 13.9. The number of rotatable bonds is 20. The Hall–Kier alpha value is -4.08. The average Bonchev–Trinajstić information content (AvgIpc) is 3.05. The molecule has 0 fully saturated rings. The predicted octanol–water partition coefficient (Wildman–Crippen LogP) is 6.54. The van der Waals surface area contributed by atoms with Gasteiger partial charge in [0.25, 0.3) is 11.8 Å². The number of aryl methyl sites for hydroxylation is 2. The Labute approximate surface area is 274 Å². The van der Waals surface area contributed by atoms with Gasteiger partial charge in [0.2, 0.25) is 11.8 Å². The van der Waals surface area contributed by atoms with Gasteiger partial charge in [0.1, 0.15) is 11.5 Å². The minimum Gasteiger partial charge on any atom is -0.507 e. The quantitative estimate of drug-likeness (QED) is 0.0714.